The van der Waals surface area contributed by atoms with Gasteiger partial charge < -0.3 is 10.4 Å². The van der Waals surface area contributed by atoms with Crippen LogP contribution in [-0.2, 0) is 11.2 Å². The molecule has 4 nitrogen and oxygen atoms in total. The van der Waals surface area contributed by atoms with Gasteiger partial charge in [0, 0.05) is 12.0 Å². The Balaban J connectivity index is 1.94. The van der Waals surface area contributed by atoms with Crippen LogP contribution in [0.3, 0.4) is 0 Å². The number of amides is 1. The molecular weight excluding hydrogens is 292 g/mol. The van der Waals surface area contributed by atoms with Crippen molar-refractivity contribution in [1.29, 1.82) is 0 Å². The smallest absolute Gasteiger partial charge is 0.251 e. The van der Waals surface area contributed by atoms with E-state index in [9.17, 15) is 18.4 Å². The van der Waals surface area contributed by atoms with Gasteiger partial charge in [-0.15, -0.1) is 0 Å². The van der Waals surface area contributed by atoms with Gasteiger partial charge in [0.1, 0.15) is 0 Å². The van der Waals surface area contributed by atoms with E-state index >= 15 is 0 Å². The van der Waals surface area contributed by atoms with Crippen LogP contribution in [0.5, 0.6) is 5.75 Å². The molecular formula is C16H13F2NO3. The number of phenolic OH excluding ortho intramolecular Hbond substituents is 1. The fourth-order valence-corrected chi connectivity index (χ4v) is 1.86. The Kier molecular flexibility index (Phi) is 4.83. The third-order valence-corrected chi connectivity index (χ3v) is 2.97. The molecule has 0 aliphatic heterocycles. The molecule has 0 fully saturated rings. The molecule has 2 N–H and O–H groups in total. The summed E-state index contributed by atoms with van der Waals surface area (Å²) in [6.07, 6.45) is 0.152. The molecule has 6 heteroatoms. The van der Waals surface area contributed by atoms with E-state index in [2.05, 4.69) is 5.32 Å². The Bertz CT molecular complexity index is 679. The number of phenols is 1. The second kappa shape index (κ2) is 6.80. The van der Waals surface area contributed by atoms with Crippen molar-refractivity contribution >= 4 is 11.7 Å². The largest absolute Gasteiger partial charge is 0.503 e. The number of rotatable bonds is 5. The molecule has 0 radical (unpaired) electrons. The van der Waals surface area contributed by atoms with E-state index in [0.717, 1.165) is 5.56 Å². The maximum atomic E-state index is 13.1. The fourth-order valence-electron chi connectivity index (χ4n) is 1.86. The number of hydrogen-bond donors (Lipinski definition) is 2. The number of Topliss-reactive ketones (excluding diaryl/α,β-unsaturated/α-hetero) is 1. The Morgan fingerprint density at radius 2 is 1.64 bits per heavy atom. The van der Waals surface area contributed by atoms with Crippen LogP contribution in [0, 0.1) is 11.6 Å². The predicted octanol–water partition coefficient (Wildman–Crippen LogP) is 2.21. The normalized spacial score (nSPS) is 10.3. The fraction of sp³-hybridized carbons (Fsp3) is 0.125. The highest BCUT2D eigenvalue weighted by molar-refractivity contribution is 5.97. The quantitative estimate of drug-likeness (QED) is 0.890. The van der Waals surface area contributed by atoms with Crippen LogP contribution in [0.1, 0.15) is 15.9 Å². The standard InChI is InChI=1S/C16H13F2NO3/c17-13-7-11(8-14(18)15(13)21)16(22)19-9-12(20)6-10-4-2-1-3-5-10/h1-5,7-8,21H,6,9H2,(H,19,22). The van der Waals surface area contributed by atoms with Gasteiger partial charge in [-0.25, -0.2) is 8.78 Å². The van der Waals surface area contributed by atoms with Crippen LogP contribution in [0.4, 0.5) is 8.78 Å². The molecule has 0 saturated heterocycles. The molecule has 0 saturated carbocycles. The average molecular weight is 305 g/mol. The lowest BCUT2D eigenvalue weighted by Gasteiger charge is -2.06. The molecule has 2 aromatic rings. The minimum Gasteiger partial charge on any atom is -0.503 e. The number of hydrogen-bond acceptors (Lipinski definition) is 3. The molecule has 114 valence electrons. The van der Waals surface area contributed by atoms with Crippen LogP contribution in [-0.4, -0.2) is 23.3 Å². The van der Waals surface area contributed by atoms with E-state index in [1.54, 1.807) is 24.3 Å². The molecule has 0 unspecified atom stereocenters. The van der Waals surface area contributed by atoms with E-state index in [0.29, 0.717) is 12.1 Å². The van der Waals surface area contributed by atoms with Crippen LogP contribution < -0.4 is 5.32 Å². The second-order valence-electron chi connectivity index (χ2n) is 4.67. The van der Waals surface area contributed by atoms with Crippen molar-refractivity contribution in [3.05, 3.63) is 65.2 Å². The van der Waals surface area contributed by atoms with Gasteiger partial charge >= 0.3 is 0 Å². The van der Waals surface area contributed by atoms with Gasteiger partial charge in [0.15, 0.2) is 23.2 Å². The number of carbonyl (C=O) groups is 2. The number of nitrogens with one attached hydrogen (secondary N) is 1. The summed E-state index contributed by atoms with van der Waals surface area (Å²) in [5, 5.41) is 11.2. The van der Waals surface area contributed by atoms with Crippen molar-refractivity contribution in [3.63, 3.8) is 0 Å². The van der Waals surface area contributed by atoms with E-state index in [1.165, 1.54) is 0 Å². The topological polar surface area (TPSA) is 66.4 Å². The first kappa shape index (κ1) is 15.6. The Morgan fingerprint density at radius 3 is 2.23 bits per heavy atom. The van der Waals surface area contributed by atoms with Gasteiger partial charge in [0.2, 0.25) is 0 Å². The first-order valence-corrected chi connectivity index (χ1v) is 6.49. The molecule has 2 aromatic carbocycles. The van der Waals surface area contributed by atoms with Gasteiger partial charge in [-0.1, -0.05) is 30.3 Å². The van der Waals surface area contributed by atoms with Crippen molar-refractivity contribution in [2.45, 2.75) is 6.42 Å². The molecule has 2 rings (SSSR count). The first-order valence-electron chi connectivity index (χ1n) is 6.49. The number of halogens is 2. The monoisotopic (exact) mass is 305 g/mol. The lowest BCUT2D eigenvalue weighted by Crippen LogP contribution is -2.30. The highest BCUT2D eigenvalue weighted by atomic mass is 19.1. The van der Waals surface area contributed by atoms with Gasteiger partial charge in [-0.3, -0.25) is 9.59 Å². The van der Waals surface area contributed by atoms with Gasteiger partial charge in [0.25, 0.3) is 5.91 Å². The lowest BCUT2D eigenvalue weighted by atomic mass is 10.1. The SMILES string of the molecule is O=C(CNC(=O)c1cc(F)c(O)c(F)c1)Cc1ccccc1. The molecule has 0 atom stereocenters. The third-order valence-electron chi connectivity index (χ3n) is 2.97. The maximum Gasteiger partial charge on any atom is 0.251 e. The number of aromatic hydroxyl groups is 1. The maximum absolute atomic E-state index is 13.1. The summed E-state index contributed by atoms with van der Waals surface area (Å²) in [5.74, 6) is -4.64. The highest BCUT2D eigenvalue weighted by Crippen LogP contribution is 2.21. The summed E-state index contributed by atoms with van der Waals surface area (Å²) in [4.78, 5) is 23.5. The average Bonchev–Trinajstić information content (AvgIpc) is 2.50. The molecule has 0 spiro atoms. The summed E-state index contributed by atoms with van der Waals surface area (Å²) < 4.78 is 26.3. The van der Waals surface area contributed by atoms with Crippen LogP contribution in [0.25, 0.3) is 0 Å². The number of carbonyl (C=O) groups excluding carboxylic acids is 2. The van der Waals surface area contributed by atoms with Crippen molar-refractivity contribution in [2.75, 3.05) is 6.54 Å². The summed E-state index contributed by atoms with van der Waals surface area (Å²) in [7, 11) is 0. The zero-order valence-corrected chi connectivity index (χ0v) is 11.5. The highest BCUT2D eigenvalue weighted by Gasteiger charge is 2.15. The molecule has 0 heterocycles. The summed E-state index contributed by atoms with van der Waals surface area (Å²) in [6.45, 7) is -0.252. The first-order chi connectivity index (χ1) is 10.5. The Hall–Kier alpha value is -2.76. The Morgan fingerprint density at radius 1 is 1.05 bits per heavy atom. The zero-order chi connectivity index (χ0) is 16.1. The van der Waals surface area contributed by atoms with E-state index < -0.39 is 23.3 Å². The molecule has 0 bridgehead atoms. The lowest BCUT2D eigenvalue weighted by molar-refractivity contribution is -0.117. The molecule has 0 aliphatic rings. The van der Waals surface area contributed by atoms with E-state index in [-0.39, 0.29) is 24.3 Å². The van der Waals surface area contributed by atoms with Crippen molar-refractivity contribution in [2.24, 2.45) is 0 Å². The summed E-state index contributed by atoms with van der Waals surface area (Å²) in [6, 6.07) is 10.4. The van der Waals surface area contributed by atoms with Gasteiger partial charge in [-0.05, 0) is 17.7 Å². The van der Waals surface area contributed by atoms with Crippen molar-refractivity contribution in [1.82, 2.24) is 5.32 Å². The van der Waals surface area contributed by atoms with Crippen LogP contribution in [0.15, 0.2) is 42.5 Å². The van der Waals surface area contributed by atoms with Gasteiger partial charge in [0.05, 0.1) is 6.54 Å². The van der Waals surface area contributed by atoms with Crippen molar-refractivity contribution < 1.29 is 23.5 Å². The van der Waals surface area contributed by atoms with E-state index in [4.69, 9.17) is 5.11 Å². The van der Waals surface area contributed by atoms with Crippen molar-refractivity contribution in [3.8, 4) is 5.75 Å². The summed E-state index contributed by atoms with van der Waals surface area (Å²) in [5.41, 5.74) is 0.504. The second-order valence-corrected chi connectivity index (χ2v) is 4.67. The van der Waals surface area contributed by atoms with Gasteiger partial charge in [-0.2, -0.15) is 0 Å². The molecule has 1 amide bonds. The van der Waals surface area contributed by atoms with E-state index in [1.807, 2.05) is 6.07 Å². The zero-order valence-electron chi connectivity index (χ0n) is 11.5. The molecule has 0 aliphatic carbocycles. The minimum atomic E-state index is -1.24. The van der Waals surface area contributed by atoms with Crippen LogP contribution in [0.2, 0.25) is 0 Å². The number of ketones is 1. The Labute approximate surface area is 125 Å². The third kappa shape index (κ3) is 3.88. The predicted molar refractivity (Wildman–Crippen MR) is 75.5 cm³/mol. The number of benzene rings is 2. The molecule has 0 aromatic heterocycles. The van der Waals surface area contributed by atoms with Crippen LogP contribution >= 0.6 is 0 Å². The minimum absolute atomic E-state index is 0.152. The molecule has 22 heavy (non-hydrogen) atoms. The summed E-state index contributed by atoms with van der Waals surface area (Å²) >= 11 is 0.